The molecule has 0 bridgehead atoms. The van der Waals surface area contributed by atoms with E-state index < -0.39 is 5.60 Å². The van der Waals surface area contributed by atoms with Crippen molar-refractivity contribution < 1.29 is 5.11 Å². The molecule has 0 spiro atoms. The third-order valence-corrected chi connectivity index (χ3v) is 6.83. The summed E-state index contributed by atoms with van der Waals surface area (Å²) in [6.07, 6.45) is 11.6. The van der Waals surface area contributed by atoms with E-state index in [9.17, 15) is 5.11 Å². The van der Waals surface area contributed by atoms with Crippen LogP contribution in [-0.2, 0) is 12.0 Å². The lowest BCUT2D eigenvalue weighted by Crippen LogP contribution is -2.30. The maximum Gasteiger partial charge on any atom is 0.0897 e. The van der Waals surface area contributed by atoms with Crippen molar-refractivity contribution in [2.75, 3.05) is 0 Å². The molecule has 28 heavy (non-hydrogen) atoms. The minimum atomic E-state index is -0.700. The molecule has 1 saturated carbocycles. The summed E-state index contributed by atoms with van der Waals surface area (Å²) in [6, 6.07) is 14.8. The van der Waals surface area contributed by atoms with E-state index in [1.807, 2.05) is 24.3 Å². The maximum atomic E-state index is 11.1. The molecule has 1 aliphatic carbocycles. The third-order valence-electron chi connectivity index (χ3n) is 6.58. The van der Waals surface area contributed by atoms with Gasteiger partial charge in [-0.25, -0.2) is 0 Å². The van der Waals surface area contributed by atoms with Crippen molar-refractivity contribution in [2.45, 2.75) is 89.6 Å². The number of unbranched alkanes of at least 4 members (excludes halogenated alkanes) is 4. The molecular formula is C26H35ClO. The normalized spacial score (nSPS) is 22.4. The van der Waals surface area contributed by atoms with E-state index in [-0.39, 0.29) is 0 Å². The standard InChI is InChI=1S/C26H35ClO/c1-3-4-5-6-7-8-21-9-10-23(19-20(21)2)22-15-17-26(28,18-16-22)24-11-13-25(27)14-12-24/h9-14,19,22,28H,3-8,15-18H2,1-2H3. The van der Waals surface area contributed by atoms with E-state index in [0.717, 1.165) is 36.3 Å². The molecule has 0 unspecified atom stereocenters. The molecule has 1 nitrogen and oxygen atoms in total. The number of benzene rings is 2. The molecule has 0 aromatic heterocycles. The second kappa shape index (κ2) is 9.94. The van der Waals surface area contributed by atoms with Crippen molar-refractivity contribution in [1.82, 2.24) is 0 Å². The van der Waals surface area contributed by atoms with E-state index in [4.69, 9.17) is 11.6 Å². The molecule has 2 heteroatoms. The first-order valence-electron chi connectivity index (χ1n) is 11.1. The second-order valence-corrected chi connectivity index (χ2v) is 9.10. The first-order valence-corrected chi connectivity index (χ1v) is 11.5. The number of aliphatic hydroxyl groups is 1. The van der Waals surface area contributed by atoms with Crippen molar-refractivity contribution in [3.63, 3.8) is 0 Å². The molecule has 0 heterocycles. The molecule has 1 N–H and O–H groups in total. The Balaban J connectivity index is 1.56. The van der Waals surface area contributed by atoms with Gasteiger partial charge in [-0.05, 0) is 85.8 Å². The molecule has 2 aromatic carbocycles. The first-order chi connectivity index (χ1) is 13.5. The lowest BCUT2D eigenvalue weighted by Gasteiger charge is -2.37. The van der Waals surface area contributed by atoms with Gasteiger partial charge in [0, 0.05) is 5.02 Å². The van der Waals surface area contributed by atoms with Gasteiger partial charge in [0.15, 0.2) is 0 Å². The van der Waals surface area contributed by atoms with Crippen molar-refractivity contribution >= 4 is 11.6 Å². The largest absolute Gasteiger partial charge is 0.385 e. The highest BCUT2D eigenvalue weighted by Crippen LogP contribution is 2.43. The van der Waals surface area contributed by atoms with Gasteiger partial charge in [0.1, 0.15) is 0 Å². The average molecular weight is 399 g/mol. The van der Waals surface area contributed by atoms with Gasteiger partial charge in [0.05, 0.1) is 5.60 Å². The van der Waals surface area contributed by atoms with Crippen LogP contribution >= 0.6 is 11.6 Å². The summed E-state index contributed by atoms with van der Waals surface area (Å²) in [5, 5.41) is 11.8. The van der Waals surface area contributed by atoms with Crippen molar-refractivity contribution in [2.24, 2.45) is 0 Å². The first kappa shape index (κ1) is 21.4. The summed E-state index contributed by atoms with van der Waals surface area (Å²) in [5.74, 6) is 0.560. The minimum absolute atomic E-state index is 0.560. The summed E-state index contributed by atoms with van der Waals surface area (Å²) in [6.45, 7) is 4.53. The minimum Gasteiger partial charge on any atom is -0.385 e. The zero-order valence-electron chi connectivity index (χ0n) is 17.5. The van der Waals surface area contributed by atoms with E-state index in [0.29, 0.717) is 5.92 Å². The van der Waals surface area contributed by atoms with Gasteiger partial charge in [-0.1, -0.05) is 74.5 Å². The van der Waals surface area contributed by atoms with E-state index in [1.165, 1.54) is 55.2 Å². The van der Waals surface area contributed by atoms with Gasteiger partial charge in [-0.2, -0.15) is 0 Å². The molecule has 152 valence electrons. The SMILES string of the molecule is CCCCCCCc1ccc(C2CCC(O)(c3ccc(Cl)cc3)CC2)cc1C. The number of halogens is 1. The van der Waals surface area contributed by atoms with Gasteiger partial charge < -0.3 is 5.11 Å². The van der Waals surface area contributed by atoms with E-state index >= 15 is 0 Å². The Morgan fingerprint density at radius 1 is 0.964 bits per heavy atom. The monoisotopic (exact) mass is 398 g/mol. The van der Waals surface area contributed by atoms with Crippen molar-refractivity contribution in [1.29, 1.82) is 0 Å². The molecule has 1 fully saturated rings. The van der Waals surface area contributed by atoms with Crippen molar-refractivity contribution in [3.05, 3.63) is 69.7 Å². The molecule has 0 radical (unpaired) electrons. The van der Waals surface area contributed by atoms with Crippen LogP contribution < -0.4 is 0 Å². The van der Waals surface area contributed by atoms with E-state index in [2.05, 4.69) is 32.0 Å². The Labute approximate surface area is 176 Å². The molecule has 1 aliphatic rings. The lowest BCUT2D eigenvalue weighted by atomic mass is 9.73. The number of aryl methyl sites for hydroxylation is 2. The van der Waals surface area contributed by atoms with Gasteiger partial charge >= 0.3 is 0 Å². The zero-order valence-corrected chi connectivity index (χ0v) is 18.3. The smallest absolute Gasteiger partial charge is 0.0897 e. The van der Waals surface area contributed by atoms with Crippen LogP contribution in [0.5, 0.6) is 0 Å². The van der Waals surface area contributed by atoms with Crippen LogP contribution in [0.1, 0.15) is 92.9 Å². The summed E-state index contributed by atoms with van der Waals surface area (Å²) >= 11 is 6.00. The lowest BCUT2D eigenvalue weighted by molar-refractivity contribution is -0.00566. The quantitative estimate of drug-likeness (QED) is 0.451. The fourth-order valence-electron chi connectivity index (χ4n) is 4.65. The maximum absolute atomic E-state index is 11.1. The van der Waals surface area contributed by atoms with Gasteiger partial charge in [0.25, 0.3) is 0 Å². The van der Waals surface area contributed by atoms with Crippen LogP contribution in [0.2, 0.25) is 5.02 Å². The molecule has 0 amide bonds. The molecule has 3 rings (SSSR count). The van der Waals surface area contributed by atoms with Crippen LogP contribution in [0.25, 0.3) is 0 Å². The topological polar surface area (TPSA) is 20.2 Å². The van der Waals surface area contributed by atoms with Gasteiger partial charge in [-0.3, -0.25) is 0 Å². The molecule has 0 atom stereocenters. The third kappa shape index (κ3) is 5.39. The Hall–Kier alpha value is -1.31. The number of hydrogen-bond acceptors (Lipinski definition) is 1. The summed E-state index contributed by atoms with van der Waals surface area (Å²) < 4.78 is 0. The van der Waals surface area contributed by atoms with Crippen LogP contribution in [0, 0.1) is 6.92 Å². The highest BCUT2D eigenvalue weighted by molar-refractivity contribution is 6.30. The Kier molecular flexibility index (Phi) is 7.60. The number of hydrogen-bond donors (Lipinski definition) is 1. The van der Waals surface area contributed by atoms with E-state index in [1.54, 1.807) is 0 Å². The highest BCUT2D eigenvalue weighted by atomic mass is 35.5. The van der Waals surface area contributed by atoms with Gasteiger partial charge in [-0.15, -0.1) is 0 Å². The molecule has 0 aliphatic heterocycles. The van der Waals surface area contributed by atoms with Crippen LogP contribution in [0.3, 0.4) is 0 Å². The Morgan fingerprint density at radius 3 is 2.29 bits per heavy atom. The predicted octanol–water partition coefficient (Wildman–Crippen LogP) is 7.71. The fraction of sp³-hybridized carbons (Fsp3) is 0.538. The summed E-state index contributed by atoms with van der Waals surface area (Å²) in [5.41, 5.74) is 4.70. The Bertz CT molecular complexity index is 742. The van der Waals surface area contributed by atoms with Crippen LogP contribution in [0.15, 0.2) is 42.5 Å². The predicted molar refractivity (Wildman–Crippen MR) is 120 cm³/mol. The zero-order chi connectivity index (χ0) is 20.0. The number of rotatable bonds is 8. The highest BCUT2D eigenvalue weighted by Gasteiger charge is 2.35. The van der Waals surface area contributed by atoms with Crippen molar-refractivity contribution in [3.8, 4) is 0 Å². The summed E-state index contributed by atoms with van der Waals surface area (Å²) in [7, 11) is 0. The fourth-order valence-corrected chi connectivity index (χ4v) is 4.78. The molecule has 2 aromatic rings. The second-order valence-electron chi connectivity index (χ2n) is 8.66. The Morgan fingerprint density at radius 2 is 1.64 bits per heavy atom. The molecular weight excluding hydrogens is 364 g/mol. The average Bonchev–Trinajstić information content (AvgIpc) is 2.70. The van der Waals surface area contributed by atoms with Crippen LogP contribution in [-0.4, -0.2) is 5.11 Å². The van der Waals surface area contributed by atoms with Gasteiger partial charge in [0.2, 0.25) is 0 Å². The van der Waals surface area contributed by atoms with Crippen LogP contribution in [0.4, 0.5) is 0 Å². The summed E-state index contributed by atoms with van der Waals surface area (Å²) in [4.78, 5) is 0. The molecule has 0 saturated heterocycles.